The fourth-order valence-corrected chi connectivity index (χ4v) is 4.06. The predicted molar refractivity (Wildman–Crippen MR) is 122 cm³/mol. The third-order valence-electron chi connectivity index (χ3n) is 5.69. The summed E-state index contributed by atoms with van der Waals surface area (Å²) in [6, 6.07) is 8.79. The van der Waals surface area contributed by atoms with E-state index in [1.807, 2.05) is 0 Å². The van der Waals surface area contributed by atoms with Crippen LogP contribution in [0.25, 0.3) is 0 Å². The molecule has 0 bridgehead atoms. The average molecular weight is 533 g/mol. The van der Waals surface area contributed by atoms with Crippen molar-refractivity contribution in [3.8, 4) is 11.5 Å². The summed E-state index contributed by atoms with van der Waals surface area (Å²) in [6.07, 6.45) is 0.214. The minimum absolute atomic E-state index is 0.257. The molecule has 4 N–H and O–H groups in total. The number of rotatable bonds is 8. The average Bonchev–Trinajstić information content (AvgIpc) is 2.82. The summed E-state index contributed by atoms with van der Waals surface area (Å²) in [5.41, 5.74) is 1.62. The van der Waals surface area contributed by atoms with Crippen molar-refractivity contribution in [1.82, 2.24) is 5.32 Å². The first-order chi connectivity index (χ1) is 17.1. The smallest absolute Gasteiger partial charge is 0.468 e. The maximum atomic E-state index is 13.3. The van der Waals surface area contributed by atoms with Gasteiger partial charge in [-0.15, -0.1) is 4.91 Å². The molecule has 0 radical (unpaired) electrons. The molecule has 2 aromatic carbocycles. The Labute approximate surface area is 205 Å². The quantitative estimate of drug-likeness (QED) is 0.224. The summed E-state index contributed by atoms with van der Waals surface area (Å²) in [5.74, 6) is 0.624. The molecule has 0 amide bonds. The Kier molecular flexibility index (Phi) is 9.50. The first kappa shape index (κ1) is 27.7. The molecular formula is C22H26F2N2O9S. The molecule has 2 aromatic rings. The van der Waals surface area contributed by atoms with E-state index < -0.39 is 22.6 Å². The minimum Gasteiger partial charge on any atom is -0.487 e. The Morgan fingerprint density at radius 3 is 1.75 bits per heavy atom. The zero-order chi connectivity index (χ0) is 26.3. The van der Waals surface area contributed by atoms with Gasteiger partial charge >= 0.3 is 10.4 Å². The lowest BCUT2D eigenvalue weighted by Crippen LogP contribution is -2.46. The van der Waals surface area contributed by atoms with E-state index in [0.717, 1.165) is 11.1 Å². The molecule has 4 unspecified atom stereocenters. The molecule has 0 aromatic heterocycles. The number of fused-ring (bicyclic) bond motifs is 2. The Hall–Kier alpha value is -2.91. The Morgan fingerprint density at radius 1 is 0.944 bits per heavy atom. The third-order valence-corrected chi connectivity index (χ3v) is 5.94. The molecule has 0 saturated heterocycles. The maximum absolute atomic E-state index is 13.3. The molecule has 2 aliphatic heterocycles. The summed E-state index contributed by atoms with van der Waals surface area (Å²) in [7, 11) is -4.65. The van der Waals surface area contributed by atoms with Crippen LogP contribution in [0, 0.1) is 16.5 Å². The molecule has 0 fully saturated rings. The van der Waals surface area contributed by atoms with Crippen molar-refractivity contribution < 1.29 is 45.7 Å². The highest BCUT2D eigenvalue weighted by atomic mass is 32.3. The van der Waals surface area contributed by atoms with Crippen molar-refractivity contribution in [2.24, 2.45) is 5.34 Å². The van der Waals surface area contributed by atoms with Gasteiger partial charge in [0.05, 0.1) is 0 Å². The zero-order valence-electron chi connectivity index (χ0n) is 18.9. The van der Waals surface area contributed by atoms with Crippen molar-refractivity contribution in [2.75, 3.05) is 13.1 Å². The number of aliphatic hydroxyl groups is 2. The monoisotopic (exact) mass is 532 g/mol. The third kappa shape index (κ3) is 8.06. The number of ether oxygens (including phenoxy) is 2. The normalized spacial score (nSPS) is 20.2. The fourth-order valence-electron chi connectivity index (χ4n) is 3.98. The minimum atomic E-state index is -4.65. The van der Waals surface area contributed by atoms with Gasteiger partial charge in [-0.05, 0) is 73.2 Å². The number of aliphatic hydroxyl groups excluding tert-OH is 2. The lowest BCUT2D eigenvalue weighted by Gasteiger charge is -2.31. The first-order valence-electron chi connectivity index (χ1n) is 11.0. The van der Waals surface area contributed by atoms with Crippen LogP contribution >= 0.6 is 0 Å². The second-order valence-electron chi connectivity index (χ2n) is 8.26. The van der Waals surface area contributed by atoms with Crippen LogP contribution in [0.15, 0.2) is 41.7 Å². The largest absolute Gasteiger partial charge is 0.487 e. The summed E-state index contributed by atoms with van der Waals surface area (Å²) >= 11 is 0. The van der Waals surface area contributed by atoms with Gasteiger partial charge in [0.25, 0.3) is 0 Å². The predicted octanol–water partition coefficient (Wildman–Crippen LogP) is 1.85. The second kappa shape index (κ2) is 12.4. The summed E-state index contributed by atoms with van der Waals surface area (Å²) in [5, 5.41) is 25.3. The molecular weight excluding hydrogens is 506 g/mol. The maximum Gasteiger partial charge on any atom is 0.468 e. The van der Waals surface area contributed by atoms with Crippen molar-refractivity contribution in [2.45, 2.75) is 50.1 Å². The number of benzene rings is 2. The van der Waals surface area contributed by atoms with Crippen LogP contribution in [0.1, 0.15) is 24.0 Å². The number of nitrogens with zero attached hydrogens (tertiary/aromatic N) is 1. The zero-order valence-corrected chi connectivity index (χ0v) is 19.7. The van der Waals surface area contributed by atoms with Crippen LogP contribution < -0.4 is 14.8 Å². The van der Waals surface area contributed by atoms with Gasteiger partial charge in [-0.2, -0.15) is 8.42 Å². The second-order valence-corrected chi connectivity index (χ2v) is 9.27. The van der Waals surface area contributed by atoms with Gasteiger partial charge in [0.1, 0.15) is 47.5 Å². The van der Waals surface area contributed by atoms with E-state index in [0.29, 0.717) is 37.2 Å². The van der Waals surface area contributed by atoms with E-state index in [4.69, 9.17) is 18.9 Å². The lowest BCUT2D eigenvalue weighted by molar-refractivity contribution is 0.00892. The van der Waals surface area contributed by atoms with E-state index >= 15 is 0 Å². The Morgan fingerprint density at radius 2 is 1.39 bits per heavy atom. The van der Waals surface area contributed by atoms with E-state index in [-0.39, 0.29) is 36.9 Å². The molecule has 0 spiro atoms. The van der Waals surface area contributed by atoms with Gasteiger partial charge in [-0.3, -0.25) is 4.55 Å². The van der Waals surface area contributed by atoms with Gasteiger partial charge in [-0.25, -0.2) is 13.1 Å². The highest BCUT2D eigenvalue weighted by Gasteiger charge is 2.29. The molecule has 0 aliphatic carbocycles. The lowest BCUT2D eigenvalue weighted by atomic mass is 9.98. The molecule has 4 atom stereocenters. The number of hydrogen-bond acceptors (Lipinski definition) is 10. The van der Waals surface area contributed by atoms with Gasteiger partial charge in [0.15, 0.2) is 5.34 Å². The number of hydrogen-bond donors (Lipinski definition) is 4. The SMILES string of the molecule is O=NOS(=O)(=O)O.OC(CNCC(O)C1CCc2cc(F)ccc2O1)C1CCc2cc(F)ccc2O1. The highest BCUT2D eigenvalue weighted by molar-refractivity contribution is 7.80. The topological polar surface area (TPSA) is 164 Å². The molecule has 198 valence electrons. The first-order valence-corrected chi connectivity index (χ1v) is 12.4. The van der Waals surface area contributed by atoms with Crippen molar-refractivity contribution in [3.63, 3.8) is 0 Å². The van der Waals surface area contributed by atoms with Crippen LogP contribution in [-0.4, -0.2) is 60.7 Å². The Bertz CT molecular complexity index is 1080. The number of halogens is 2. The molecule has 11 nitrogen and oxygen atoms in total. The van der Waals surface area contributed by atoms with Crippen LogP contribution in [0.3, 0.4) is 0 Å². The van der Waals surface area contributed by atoms with Crippen LogP contribution in [0.5, 0.6) is 11.5 Å². The number of nitrogens with one attached hydrogen (secondary N) is 1. The fraction of sp³-hybridized carbons (Fsp3) is 0.455. The van der Waals surface area contributed by atoms with Crippen molar-refractivity contribution in [1.29, 1.82) is 0 Å². The van der Waals surface area contributed by atoms with E-state index in [1.165, 1.54) is 29.6 Å². The summed E-state index contributed by atoms with van der Waals surface area (Å²) < 4.78 is 67.0. The van der Waals surface area contributed by atoms with Crippen LogP contribution in [-0.2, 0) is 27.5 Å². The van der Waals surface area contributed by atoms with Gasteiger partial charge < -0.3 is 25.0 Å². The summed E-state index contributed by atoms with van der Waals surface area (Å²) in [4.78, 5) is 8.81. The van der Waals surface area contributed by atoms with Crippen LogP contribution in [0.2, 0.25) is 0 Å². The molecule has 4 rings (SSSR count). The molecule has 2 heterocycles. The van der Waals surface area contributed by atoms with E-state index in [9.17, 15) is 27.4 Å². The van der Waals surface area contributed by atoms with Gasteiger partial charge in [0, 0.05) is 13.1 Å². The molecule has 2 aliphatic rings. The van der Waals surface area contributed by atoms with Crippen molar-refractivity contribution in [3.05, 3.63) is 64.1 Å². The van der Waals surface area contributed by atoms with E-state index in [2.05, 4.69) is 9.60 Å². The molecule has 14 heteroatoms. The van der Waals surface area contributed by atoms with Crippen LogP contribution in [0.4, 0.5) is 8.78 Å². The number of aryl methyl sites for hydroxylation is 2. The summed E-state index contributed by atoms with van der Waals surface area (Å²) in [6.45, 7) is 0.513. The Balaban J connectivity index is 0.000000454. The standard InChI is InChI=1S/C22H25F2NO4.HNO5S/c23-15-3-7-19-13(9-15)1-5-21(28-19)17(26)11-25-12-18(27)22-6-2-14-10-16(24)4-8-20(14)29-22;2-1-6-7(3,4)5/h3-4,7-10,17-18,21-22,25-27H,1-2,5-6,11-12H2;(H,3,4,5). The highest BCUT2D eigenvalue weighted by Crippen LogP contribution is 2.30. The van der Waals surface area contributed by atoms with Gasteiger partial charge in [0.2, 0.25) is 0 Å². The van der Waals surface area contributed by atoms with Crippen molar-refractivity contribution >= 4 is 10.4 Å². The molecule has 0 saturated carbocycles. The van der Waals surface area contributed by atoms with E-state index in [1.54, 1.807) is 12.1 Å². The van der Waals surface area contributed by atoms with Gasteiger partial charge in [-0.1, -0.05) is 0 Å². The molecule has 36 heavy (non-hydrogen) atoms.